The molecule has 62 heavy (non-hydrogen) atoms. The van der Waals surface area contributed by atoms with Gasteiger partial charge in [0.25, 0.3) is 0 Å². The van der Waals surface area contributed by atoms with Crippen molar-refractivity contribution in [3.05, 3.63) is 216 Å². The number of methoxy groups -OCH3 is 1. The van der Waals surface area contributed by atoms with Crippen LogP contribution in [0.2, 0.25) is 0 Å². The van der Waals surface area contributed by atoms with Crippen LogP contribution in [0.1, 0.15) is 45.8 Å². The fraction of sp³-hybridized carbons (Fsp3) is 0.212. The molecule has 0 aliphatic heterocycles. The average Bonchev–Trinajstić information content (AvgIpc) is 3.90. The number of fused-ring (bicyclic) bond motifs is 1. The number of ether oxygens (including phenoxy) is 4. The molecule has 1 fully saturated rings. The summed E-state index contributed by atoms with van der Waals surface area (Å²) in [7, 11) is 1.66. The van der Waals surface area contributed by atoms with E-state index in [1.54, 1.807) is 13.4 Å². The van der Waals surface area contributed by atoms with Gasteiger partial charge in [-0.3, -0.25) is 0 Å². The molecule has 4 atom stereocenters. The summed E-state index contributed by atoms with van der Waals surface area (Å²) in [4.78, 5) is 15.2. The second-order valence-corrected chi connectivity index (χ2v) is 15.6. The van der Waals surface area contributed by atoms with Crippen molar-refractivity contribution in [2.24, 2.45) is 5.92 Å². The predicted molar refractivity (Wildman–Crippen MR) is 240 cm³/mol. The van der Waals surface area contributed by atoms with Crippen LogP contribution in [-0.4, -0.2) is 50.6 Å². The molecule has 1 aliphatic carbocycles. The van der Waals surface area contributed by atoms with Crippen LogP contribution in [0.25, 0.3) is 11.2 Å². The van der Waals surface area contributed by atoms with Crippen molar-refractivity contribution in [3.63, 3.8) is 0 Å². The third kappa shape index (κ3) is 8.67. The number of imidazole rings is 1. The van der Waals surface area contributed by atoms with Gasteiger partial charge in [0.1, 0.15) is 17.9 Å². The summed E-state index contributed by atoms with van der Waals surface area (Å²) in [6.07, 6.45) is 1.10. The molecular weight excluding hydrogens is 775 g/mol. The van der Waals surface area contributed by atoms with Crippen molar-refractivity contribution in [1.82, 2.24) is 19.5 Å². The largest absolute Gasteiger partial charge is 0.497 e. The highest BCUT2D eigenvalue weighted by atomic mass is 16.5. The van der Waals surface area contributed by atoms with Gasteiger partial charge in [-0.1, -0.05) is 164 Å². The average molecular weight is 824 g/mol. The van der Waals surface area contributed by atoms with Crippen molar-refractivity contribution < 1.29 is 24.1 Å². The van der Waals surface area contributed by atoms with Gasteiger partial charge in [-0.25, -0.2) is 4.98 Å². The highest BCUT2D eigenvalue weighted by Gasteiger charge is 2.45. The van der Waals surface area contributed by atoms with Crippen molar-refractivity contribution in [1.29, 1.82) is 0 Å². The molecule has 8 aromatic rings. The molecule has 0 saturated heterocycles. The fourth-order valence-corrected chi connectivity index (χ4v) is 8.52. The van der Waals surface area contributed by atoms with Crippen LogP contribution in [0.5, 0.6) is 11.6 Å². The molecule has 0 radical (unpaired) electrons. The zero-order chi connectivity index (χ0) is 42.1. The molecular formula is C52H49N5O5. The van der Waals surface area contributed by atoms with Crippen LogP contribution in [-0.2, 0) is 34.8 Å². The molecule has 0 amide bonds. The van der Waals surface area contributed by atoms with Gasteiger partial charge < -0.3 is 33.9 Å². The van der Waals surface area contributed by atoms with Gasteiger partial charge in [-0.15, -0.1) is 0 Å². The molecule has 6 aromatic carbocycles. The first kappa shape index (κ1) is 40.6. The van der Waals surface area contributed by atoms with E-state index in [9.17, 15) is 5.11 Å². The number of nitrogens with one attached hydrogen (secondary N) is 1. The Labute approximate surface area is 361 Å². The quantitative estimate of drug-likeness (QED) is 0.0868. The molecule has 1 unspecified atom stereocenters. The predicted octanol–water partition coefficient (Wildman–Crippen LogP) is 9.54. The normalized spacial score (nSPS) is 17.5. The highest BCUT2D eigenvalue weighted by Crippen LogP contribution is 2.43. The topological polar surface area (TPSA) is 113 Å². The number of aliphatic hydroxyl groups is 1. The molecule has 2 aromatic heterocycles. The van der Waals surface area contributed by atoms with Gasteiger partial charge in [0.15, 0.2) is 11.2 Å². The van der Waals surface area contributed by atoms with Gasteiger partial charge in [-0.2, -0.15) is 9.97 Å². The number of benzene rings is 6. The number of aliphatic hydroxyl groups excluding tert-OH is 1. The summed E-state index contributed by atoms with van der Waals surface area (Å²) in [6.45, 7) is 1.41. The van der Waals surface area contributed by atoms with Crippen LogP contribution in [0, 0.1) is 5.92 Å². The smallest absolute Gasteiger partial charge is 0.247 e. The first-order chi connectivity index (χ1) is 30.6. The lowest BCUT2D eigenvalue weighted by Gasteiger charge is -2.37. The van der Waals surface area contributed by atoms with Crippen LogP contribution < -0.4 is 14.8 Å². The van der Waals surface area contributed by atoms with Gasteiger partial charge in [-0.05, 0) is 51.9 Å². The van der Waals surface area contributed by atoms with Crippen molar-refractivity contribution >= 4 is 17.1 Å². The van der Waals surface area contributed by atoms with Gasteiger partial charge >= 0.3 is 0 Å². The van der Waals surface area contributed by atoms with Crippen molar-refractivity contribution in [2.75, 3.05) is 19.0 Å². The molecule has 2 N–H and O–H groups in total. The van der Waals surface area contributed by atoms with Crippen LogP contribution in [0.4, 0.5) is 5.95 Å². The van der Waals surface area contributed by atoms with E-state index < -0.39 is 17.7 Å². The zero-order valence-electron chi connectivity index (χ0n) is 34.5. The lowest BCUT2D eigenvalue weighted by atomic mass is 9.77. The Kier molecular flexibility index (Phi) is 12.3. The number of hydrogen-bond acceptors (Lipinski definition) is 9. The Balaban J connectivity index is 1.13. The SMILES string of the molecule is COc1ccc(C(Nc2nc(OCc3ccccc3)c3ncn([C@H]4C[C@@H](OCc5ccccc5)[C@@H](COCc5ccccc5)C4O)c3n2)(c2ccccc2)c2ccccc2)cc1. The second kappa shape index (κ2) is 18.8. The lowest BCUT2D eigenvalue weighted by Crippen LogP contribution is -2.38. The van der Waals surface area contributed by atoms with Crippen molar-refractivity contribution in [3.8, 4) is 11.6 Å². The van der Waals surface area contributed by atoms with Gasteiger partial charge in [0.05, 0.1) is 51.5 Å². The molecule has 9 rings (SSSR count). The Morgan fingerprint density at radius 3 is 1.76 bits per heavy atom. The Morgan fingerprint density at radius 2 is 1.18 bits per heavy atom. The molecule has 0 bridgehead atoms. The third-order valence-electron chi connectivity index (χ3n) is 11.7. The summed E-state index contributed by atoms with van der Waals surface area (Å²) in [5, 5.41) is 16.1. The maximum atomic E-state index is 12.3. The Morgan fingerprint density at radius 1 is 0.645 bits per heavy atom. The van der Waals surface area contributed by atoms with Gasteiger partial charge in [0.2, 0.25) is 11.8 Å². The highest BCUT2D eigenvalue weighted by molar-refractivity contribution is 5.78. The molecule has 1 aliphatic rings. The van der Waals surface area contributed by atoms with E-state index in [1.165, 1.54) is 0 Å². The molecule has 1 saturated carbocycles. The number of nitrogens with zero attached hydrogens (tertiary/aromatic N) is 4. The van der Waals surface area contributed by atoms with E-state index >= 15 is 0 Å². The minimum Gasteiger partial charge on any atom is -0.497 e. The van der Waals surface area contributed by atoms with E-state index in [4.69, 9.17) is 33.9 Å². The lowest BCUT2D eigenvalue weighted by molar-refractivity contribution is -0.0475. The number of aromatic nitrogens is 4. The molecule has 2 heterocycles. The summed E-state index contributed by atoms with van der Waals surface area (Å²) < 4.78 is 27.0. The number of rotatable bonds is 17. The van der Waals surface area contributed by atoms with E-state index in [0.717, 1.165) is 39.1 Å². The van der Waals surface area contributed by atoms with Crippen LogP contribution in [0.15, 0.2) is 182 Å². The standard InChI is InChI=1S/C52H49N5O5/c1-59-43-29-27-42(28-30-43)52(40-23-13-5-14-24-40,41-25-15-6-16-26-41)56-51-54-49-47(50(55-51)62-34-39-21-11-4-12-22-39)53-36-57(49)45-31-46(61-33-38-19-9-3-10-20-38)44(48(45)58)35-60-32-37-17-7-2-8-18-37/h2-30,36,44-46,48,58H,31-35H2,1H3,(H,54,55,56)/t44-,45+,46-,48?/m1/s1. The summed E-state index contributed by atoms with van der Waals surface area (Å²) in [6, 6.07) is 58.3. The first-order valence-corrected chi connectivity index (χ1v) is 21.0. The molecule has 312 valence electrons. The van der Waals surface area contributed by atoms with E-state index in [2.05, 4.69) is 41.7 Å². The van der Waals surface area contributed by atoms with Crippen LogP contribution in [0.3, 0.4) is 0 Å². The molecule has 10 nitrogen and oxygen atoms in total. The van der Waals surface area contributed by atoms with Gasteiger partial charge in [0, 0.05) is 5.92 Å². The minimum atomic E-state index is -0.964. The van der Waals surface area contributed by atoms with E-state index in [0.29, 0.717) is 49.2 Å². The maximum Gasteiger partial charge on any atom is 0.247 e. The maximum absolute atomic E-state index is 12.3. The van der Waals surface area contributed by atoms with E-state index in [-0.39, 0.29) is 18.6 Å². The Bertz CT molecular complexity index is 2590. The van der Waals surface area contributed by atoms with Crippen LogP contribution >= 0.6 is 0 Å². The van der Waals surface area contributed by atoms with Crippen molar-refractivity contribution in [2.45, 2.75) is 50.0 Å². The number of anilines is 1. The molecule has 0 spiro atoms. The first-order valence-electron chi connectivity index (χ1n) is 21.0. The zero-order valence-corrected chi connectivity index (χ0v) is 34.5. The second-order valence-electron chi connectivity index (χ2n) is 15.6. The minimum absolute atomic E-state index is 0.266. The van der Waals surface area contributed by atoms with E-state index in [1.807, 2.05) is 144 Å². The monoisotopic (exact) mass is 823 g/mol. The summed E-state index contributed by atoms with van der Waals surface area (Å²) in [5.74, 6) is 1.05. The fourth-order valence-electron chi connectivity index (χ4n) is 8.52. The Hall–Kier alpha value is -6.85. The third-order valence-corrected chi connectivity index (χ3v) is 11.7. The number of hydrogen-bond donors (Lipinski definition) is 2. The summed E-state index contributed by atoms with van der Waals surface area (Å²) >= 11 is 0. The summed E-state index contributed by atoms with van der Waals surface area (Å²) in [5.41, 5.74) is 6.05. The molecule has 10 heteroatoms.